The van der Waals surface area contributed by atoms with E-state index < -0.39 is 11.9 Å². The standard InChI is InChI=1S/C16H18F3N3/c1-3-14(13-5-4-8-20-10-13)22(2)11-12-6-7-15(21-9-12)16(17,18)19/h4-10,14H,3,11H2,1-2H3. The van der Waals surface area contributed by atoms with Gasteiger partial charge in [-0.2, -0.15) is 13.2 Å². The summed E-state index contributed by atoms with van der Waals surface area (Å²) in [5.41, 5.74) is 0.975. The van der Waals surface area contributed by atoms with Crippen LogP contribution < -0.4 is 0 Å². The van der Waals surface area contributed by atoms with Crippen LogP contribution >= 0.6 is 0 Å². The Balaban J connectivity index is 2.09. The molecule has 0 saturated carbocycles. The molecule has 6 heteroatoms. The summed E-state index contributed by atoms with van der Waals surface area (Å²) >= 11 is 0. The largest absolute Gasteiger partial charge is 0.433 e. The van der Waals surface area contributed by atoms with Gasteiger partial charge in [0.25, 0.3) is 0 Å². The molecule has 0 saturated heterocycles. The zero-order chi connectivity index (χ0) is 16.2. The maximum absolute atomic E-state index is 12.5. The SMILES string of the molecule is CCC(c1cccnc1)N(C)Cc1ccc(C(F)(F)F)nc1. The van der Waals surface area contributed by atoms with E-state index >= 15 is 0 Å². The first-order valence-corrected chi connectivity index (χ1v) is 7.04. The van der Waals surface area contributed by atoms with Gasteiger partial charge in [0, 0.05) is 31.2 Å². The Morgan fingerprint density at radius 2 is 1.95 bits per heavy atom. The van der Waals surface area contributed by atoms with Gasteiger partial charge >= 0.3 is 6.18 Å². The molecule has 0 radical (unpaired) electrons. The smallest absolute Gasteiger partial charge is 0.295 e. The predicted molar refractivity (Wildman–Crippen MR) is 78.0 cm³/mol. The summed E-state index contributed by atoms with van der Waals surface area (Å²) in [5.74, 6) is 0. The molecule has 118 valence electrons. The van der Waals surface area contributed by atoms with Crippen LogP contribution in [0.25, 0.3) is 0 Å². The van der Waals surface area contributed by atoms with E-state index in [1.807, 2.05) is 25.4 Å². The third kappa shape index (κ3) is 4.04. The molecular formula is C16H18F3N3. The van der Waals surface area contributed by atoms with Crippen molar-refractivity contribution in [1.29, 1.82) is 0 Å². The summed E-state index contributed by atoms with van der Waals surface area (Å²) in [5, 5.41) is 0. The Morgan fingerprint density at radius 3 is 2.45 bits per heavy atom. The third-order valence-electron chi connectivity index (χ3n) is 3.54. The van der Waals surface area contributed by atoms with Crippen LogP contribution in [0.15, 0.2) is 42.9 Å². The first-order valence-electron chi connectivity index (χ1n) is 7.04. The van der Waals surface area contributed by atoms with Crippen molar-refractivity contribution in [1.82, 2.24) is 14.9 Å². The van der Waals surface area contributed by atoms with Crippen LogP contribution in [-0.2, 0) is 12.7 Å². The highest BCUT2D eigenvalue weighted by atomic mass is 19.4. The van der Waals surface area contributed by atoms with Crippen molar-refractivity contribution in [2.24, 2.45) is 0 Å². The normalized spacial score (nSPS) is 13.4. The molecule has 2 rings (SSSR count). The lowest BCUT2D eigenvalue weighted by Gasteiger charge is -2.27. The van der Waals surface area contributed by atoms with Crippen molar-refractivity contribution in [3.05, 3.63) is 59.7 Å². The molecule has 0 aliphatic heterocycles. The first kappa shape index (κ1) is 16.4. The highest BCUT2D eigenvalue weighted by Gasteiger charge is 2.32. The maximum Gasteiger partial charge on any atom is 0.433 e. The maximum atomic E-state index is 12.5. The van der Waals surface area contributed by atoms with Crippen LogP contribution in [0, 0.1) is 0 Å². The van der Waals surface area contributed by atoms with E-state index in [1.54, 1.807) is 6.20 Å². The minimum Gasteiger partial charge on any atom is -0.295 e. The lowest BCUT2D eigenvalue weighted by Crippen LogP contribution is -2.24. The van der Waals surface area contributed by atoms with Crippen LogP contribution in [0.1, 0.15) is 36.2 Å². The van der Waals surface area contributed by atoms with Gasteiger partial charge in [0.2, 0.25) is 0 Å². The third-order valence-corrected chi connectivity index (χ3v) is 3.54. The summed E-state index contributed by atoms with van der Waals surface area (Å²) in [6.07, 6.45) is 1.31. The average Bonchev–Trinajstić information content (AvgIpc) is 2.48. The number of halogens is 3. The van der Waals surface area contributed by atoms with Gasteiger partial charge in [-0.1, -0.05) is 19.1 Å². The molecule has 2 aromatic rings. The summed E-state index contributed by atoms with van der Waals surface area (Å²) in [6, 6.07) is 6.54. The lowest BCUT2D eigenvalue weighted by molar-refractivity contribution is -0.141. The quantitative estimate of drug-likeness (QED) is 0.833. The van der Waals surface area contributed by atoms with Gasteiger partial charge in [0.1, 0.15) is 5.69 Å². The fourth-order valence-electron chi connectivity index (χ4n) is 2.46. The van der Waals surface area contributed by atoms with E-state index in [4.69, 9.17) is 0 Å². The summed E-state index contributed by atoms with van der Waals surface area (Å²) in [6.45, 7) is 2.59. The van der Waals surface area contributed by atoms with Gasteiger partial charge in [0.15, 0.2) is 0 Å². The Morgan fingerprint density at radius 1 is 1.18 bits per heavy atom. The van der Waals surface area contributed by atoms with Gasteiger partial charge in [-0.25, -0.2) is 0 Å². The number of rotatable bonds is 5. The van der Waals surface area contributed by atoms with Crippen LogP contribution in [0.2, 0.25) is 0 Å². The molecule has 0 bridgehead atoms. The van der Waals surface area contributed by atoms with Crippen LogP contribution in [0.5, 0.6) is 0 Å². The minimum atomic E-state index is -4.40. The first-order chi connectivity index (χ1) is 10.4. The molecule has 0 fully saturated rings. The van der Waals surface area contributed by atoms with Gasteiger partial charge < -0.3 is 0 Å². The van der Waals surface area contributed by atoms with E-state index in [0.717, 1.165) is 23.6 Å². The topological polar surface area (TPSA) is 29.0 Å². The Kier molecular flexibility index (Phi) is 5.13. The van der Waals surface area contributed by atoms with Crippen LogP contribution in [0.4, 0.5) is 13.2 Å². The predicted octanol–water partition coefficient (Wildman–Crippen LogP) is 4.08. The van der Waals surface area contributed by atoms with Crippen molar-refractivity contribution in [3.63, 3.8) is 0 Å². The highest BCUT2D eigenvalue weighted by Crippen LogP contribution is 2.28. The zero-order valence-electron chi connectivity index (χ0n) is 12.5. The Hall–Kier alpha value is -1.95. The van der Waals surface area contributed by atoms with Gasteiger partial charge in [-0.3, -0.25) is 14.9 Å². The highest BCUT2D eigenvalue weighted by molar-refractivity contribution is 5.18. The molecule has 3 nitrogen and oxygen atoms in total. The molecule has 1 unspecified atom stereocenters. The van der Waals surface area contributed by atoms with Crippen LogP contribution in [-0.4, -0.2) is 21.9 Å². The second kappa shape index (κ2) is 6.87. The van der Waals surface area contributed by atoms with Crippen molar-refractivity contribution in [2.45, 2.75) is 32.1 Å². The van der Waals surface area contributed by atoms with E-state index in [2.05, 4.69) is 21.8 Å². The molecule has 0 aliphatic carbocycles. The number of nitrogens with zero attached hydrogens (tertiary/aromatic N) is 3. The molecule has 0 N–H and O–H groups in total. The van der Waals surface area contributed by atoms with Gasteiger partial charge in [-0.05, 0) is 36.7 Å². The molecule has 2 aromatic heterocycles. The van der Waals surface area contributed by atoms with Gasteiger partial charge in [-0.15, -0.1) is 0 Å². The minimum absolute atomic E-state index is 0.163. The van der Waals surface area contributed by atoms with Crippen molar-refractivity contribution < 1.29 is 13.2 Å². The Bertz CT molecular complexity index is 582. The van der Waals surface area contributed by atoms with Crippen molar-refractivity contribution in [2.75, 3.05) is 7.05 Å². The zero-order valence-corrected chi connectivity index (χ0v) is 12.5. The van der Waals surface area contributed by atoms with E-state index in [0.29, 0.717) is 6.54 Å². The second-order valence-electron chi connectivity index (χ2n) is 5.17. The van der Waals surface area contributed by atoms with E-state index in [-0.39, 0.29) is 6.04 Å². The lowest BCUT2D eigenvalue weighted by atomic mass is 10.0. The number of aromatic nitrogens is 2. The van der Waals surface area contributed by atoms with Gasteiger partial charge in [0.05, 0.1) is 0 Å². The molecule has 22 heavy (non-hydrogen) atoms. The van der Waals surface area contributed by atoms with Crippen molar-refractivity contribution in [3.8, 4) is 0 Å². The number of alkyl halides is 3. The average molecular weight is 309 g/mol. The fourth-order valence-corrected chi connectivity index (χ4v) is 2.46. The van der Waals surface area contributed by atoms with Crippen LogP contribution in [0.3, 0.4) is 0 Å². The molecule has 0 aliphatic rings. The summed E-state index contributed by atoms with van der Waals surface area (Å²) in [7, 11) is 1.94. The van der Waals surface area contributed by atoms with E-state index in [1.165, 1.54) is 12.3 Å². The second-order valence-corrected chi connectivity index (χ2v) is 5.17. The molecule has 0 aromatic carbocycles. The monoisotopic (exact) mass is 309 g/mol. The number of hydrogen-bond donors (Lipinski definition) is 0. The fraction of sp³-hybridized carbons (Fsp3) is 0.375. The Labute approximate surface area is 127 Å². The molecular weight excluding hydrogens is 291 g/mol. The number of hydrogen-bond acceptors (Lipinski definition) is 3. The molecule has 0 amide bonds. The number of pyridine rings is 2. The molecule has 0 spiro atoms. The van der Waals surface area contributed by atoms with E-state index in [9.17, 15) is 13.2 Å². The molecule has 2 heterocycles. The van der Waals surface area contributed by atoms with Crippen molar-refractivity contribution >= 4 is 0 Å². The molecule has 1 atom stereocenters. The summed E-state index contributed by atoms with van der Waals surface area (Å²) in [4.78, 5) is 9.70. The summed E-state index contributed by atoms with van der Waals surface area (Å²) < 4.78 is 37.5.